The van der Waals surface area contributed by atoms with Gasteiger partial charge in [-0.05, 0) is 44.1 Å². The molecule has 1 aliphatic rings. The van der Waals surface area contributed by atoms with Gasteiger partial charge in [0.05, 0.1) is 6.61 Å². The number of benzene rings is 1. The Balaban J connectivity index is 1.97. The Labute approximate surface area is 108 Å². The van der Waals surface area contributed by atoms with Crippen molar-refractivity contribution in [3.63, 3.8) is 0 Å². The summed E-state index contributed by atoms with van der Waals surface area (Å²) in [5.41, 5.74) is 6.74. The van der Waals surface area contributed by atoms with Crippen molar-refractivity contribution >= 4 is 5.97 Å². The molecule has 2 rings (SSSR count). The third kappa shape index (κ3) is 2.72. The van der Waals surface area contributed by atoms with Gasteiger partial charge in [0.1, 0.15) is 5.54 Å². The molecule has 3 nitrogen and oxygen atoms in total. The Hall–Kier alpha value is -1.35. The van der Waals surface area contributed by atoms with E-state index in [1.54, 1.807) is 0 Å². The zero-order valence-corrected chi connectivity index (χ0v) is 10.9. The molecule has 1 aliphatic carbocycles. The molecule has 18 heavy (non-hydrogen) atoms. The van der Waals surface area contributed by atoms with Gasteiger partial charge in [-0.3, -0.25) is 4.79 Å². The first-order chi connectivity index (χ1) is 8.65. The second kappa shape index (κ2) is 5.53. The minimum absolute atomic E-state index is 0.239. The predicted octanol–water partition coefficient (Wildman–Crippen LogP) is 2.60. The van der Waals surface area contributed by atoms with Crippen LogP contribution in [0.25, 0.3) is 0 Å². The van der Waals surface area contributed by atoms with Crippen LogP contribution in [0.15, 0.2) is 30.3 Å². The van der Waals surface area contributed by atoms with Crippen molar-refractivity contribution < 1.29 is 9.53 Å². The van der Waals surface area contributed by atoms with Crippen molar-refractivity contribution in [2.24, 2.45) is 5.73 Å². The molecule has 0 saturated heterocycles. The van der Waals surface area contributed by atoms with Gasteiger partial charge in [0.2, 0.25) is 0 Å². The number of carbonyl (C=O) groups excluding carboxylic acids is 1. The lowest BCUT2D eigenvalue weighted by atomic mass is 9.74. The summed E-state index contributed by atoms with van der Waals surface area (Å²) in [6, 6.07) is 10.4. The van der Waals surface area contributed by atoms with Gasteiger partial charge in [0.15, 0.2) is 0 Å². The largest absolute Gasteiger partial charge is 0.465 e. The quantitative estimate of drug-likeness (QED) is 0.835. The van der Waals surface area contributed by atoms with Crippen LogP contribution in [0.2, 0.25) is 0 Å². The minimum atomic E-state index is -0.763. The SMILES string of the molecule is CCOC(=O)C1(N)CCC(c2ccccc2)CC1. The van der Waals surface area contributed by atoms with E-state index in [-0.39, 0.29) is 5.97 Å². The van der Waals surface area contributed by atoms with E-state index < -0.39 is 5.54 Å². The molecule has 98 valence electrons. The second-order valence-electron chi connectivity index (χ2n) is 5.06. The summed E-state index contributed by atoms with van der Waals surface area (Å²) in [5, 5.41) is 0. The van der Waals surface area contributed by atoms with Gasteiger partial charge in [-0.15, -0.1) is 0 Å². The van der Waals surface area contributed by atoms with Crippen molar-refractivity contribution in [1.29, 1.82) is 0 Å². The van der Waals surface area contributed by atoms with Crippen LogP contribution in [0.5, 0.6) is 0 Å². The zero-order valence-electron chi connectivity index (χ0n) is 10.9. The van der Waals surface area contributed by atoms with Gasteiger partial charge in [-0.1, -0.05) is 30.3 Å². The Bertz CT molecular complexity index is 394. The summed E-state index contributed by atoms with van der Waals surface area (Å²) in [6.45, 7) is 2.22. The normalized spacial score (nSPS) is 27.8. The summed E-state index contributed by atoms with van der Waals surface area (Å²) >= 11 is 0. The number of carbonyl (C=O) groups is 1. The lowest BCUT2D eigenvalue weighted by Crippen LogP contribution is -2.51. The fourth-order valence-corrected chi connectivity index (χ4v) is 2.67. The van der Waals surface area contributed by atoms with Crippen molar-refractivity contribution in [2.45, 2.75) is 44.1 Å². The van der Waals surface area contributed by atoms with E-state index in [4.69, 9.17) is 10.5 Å². The van der Waals surface area contributed by atoms with Crippen molar-refractivity contribution in [3.05, 3.63) is 35.9 Å². The summed E-state index contributed by atoms with van der Waals surface area (Å²) < 4.78 is 5.06. The van der Waals surface area contributed by atoms with E-state index in [9.17, 15) is 4.79 Å². The van der Waals surface area contributed by atoms with Gasteiger partial charge in [0.25, 0.3) is 0 Å². The maximum absolute atomic E-state index is 11.8. The fourth-order valence-electron chi connectivity index (χ4n) is 2.67. The molecular formula is C15H21NO2. The molecule has 0 unspecified atom stereocenters. The van der Waals surface area contributed by atoms with Crippen LogP contribution in [0.1, 0.15) is 44.1 Å². The van der Waals surface area contributed by atoms with Crippen molar-refractivity contribution in [2.75, 3.05) is 6.61 Å². The smallest absolute Gasteiger partial charge is 0.326 e. The van der Waals surface area contributed by atoms with E-state index in [1.807, 2.05) is 13.0 Å². The average molecular weight is 247 g/mol. The lowest BCUT2D eigenvalue weighted by Gasteiger charge is -2.35. The highest BCUT2D eigenvalue weighted by atomic mass is 16.5. The zero-order chi connectivity index (χ0) is 13.0. The van der Waals surface area contributed by atoms with Crippen molar-refractivity contribution in [3.8, 4) is 0 Å². The molecule has 0 radical (unpaired) electrons. The molecular weight excluding hydrogens is 226 g/mol. The van der Waals surface area contributed by atoms with E-state index in [0.717, 1.165) is 12.8 Å². The molecule has 1 aromatic rings. The average Bonchev–Trinajstić information content (AvgIpc) is 2.41. The predicted molar refractivity (Wildman–Crippen MR) is 71.2 cm³/mol. The molecule has 0 amide bonds. The Morgan fingerprint density at radius 2 is 1.94 bits per heavy atom. The van der Waals surface area contributed by atoms with Crippen LogP contribution in [0.4, 0.5) is 0 Å². The number of nitrogens with two attached hydrogens (primary N) is 1. The lowest BCUT2D eigenvalue weighted by molar-refractivity contribution is -0.151. The number of hydrogen-bond acceptors (Lipinski definition) is 3. The van der Waals surface area contributed by atoms with Crippen LogP contribution in [-0.4, -0.2) is 18.1 Å². The molecule has 0 spiro atoms. The first kappa shape index (κ1) is 13.1. The number of esters is 1. The molecule has 0 bridgehead atoms. The van der Waals surface area contributed by atoms with E-state index >= 15 is 0 Å². The van der Waals surface area contributed by atoms with Crippen LogP contribution >= 0.6 is 0 Å². The van der Waals surface area contributed by atoms with E-state index in [1.165, 1.54) is 5.56 Å². The molecule has 0 aliphatic heterocycles. The Morgan fingerprint density at radius 1 is 1.33 bits per heavy atom. The van der Waals surface area contributed by atoms with Crippen LogP contribution in [0.3, 0.4) is 0 Å². The first-order valence-electron chi connectivity index (χ1n) is 6.67. The molecule has 3 heteroatoms. The van der Waals surface area contributed by atoms with Crippen LogP contribution in [0, 0.1) is 0 Å². The summed E-state index contributed by atoms with van der Waals surface area (Å²) in [7, 11) is 0. The maximum Gasteiger partial charge on any atom is 0.326 e. The molecule has 2 N–H and O–H groups in total. The minimum Gasteiger partial charge on any atom is -0.465 e. The number of rotatable bonds is 3. The van der Waals surface area contributed by atoms with Gasteiger partial charge < -0.3 is 10.5 Å². The third-order valence-electron chi connectivity index (χ3n) is 3.83. The van der Waals surface area contributed by atoms with Gasteiger partial charge in [-0.25, -0.2) is 0 Å². The summed E-state index contributed by atoms with van der Waals surface area (Å²) in [4.78, 5) is 11.8. The topological polar surface area (TPSA) is 52.3 Å². The highest BCUT2D eigenvalue weighted by Gasteiger charge is 2.39. The standard InChI is InChI=1S/C15H21NO2/c1-2-18-14(17)15(16)10-8-13(9-11-15)12-6-4-3-5-7-12/h3-7,13H,2,8-11,16H2,1H3. The number of hydrogen-bond donors (Lipinski definition) is 1. The Morgan fingerprint density at radius 3 is 2.50 bits per heavy atom. The molecule has 0 heterocycles. The van der Waals surface area contributed by atoms with E-state index in [0.29, 0.717) is 25.4 Å². The van der Waals surface area contributed by atoms with Crippen LogP contribution < -0.4 is 5.73 Å². The van der Waals surface area contributed by atoms with Crippen molar-refractivity contribution in [1.82, 2.24) is 0 Å². The second-order valence-corrected chi connectivity index (χ2v) is 5.06. The molecule has 1 saturated carbocycles. The highest BCUT2D eigenvalue weighted by molar-refractivity contribution is 5.80. The molecule has 0 atom stereocenters. The molecule has 0 aromatic heterocycles. The number of ether oxygens (including phenoxy) is 1. The summed E-state index contributed by atoms with van der Waals surface area (Å²) in [6.07, 6.45) is 3.34. The summed E-state index contributed by atoms with van der Waals surface area (Å²) in [5.74, 6) is 0.286. The molecule has 1 fully saturated rings. The highest BCUT2D eigenvalue weighted by Crippen LogP contribution is 2.37. The van der Waals surface area contributed by atoms with Gasteiger partial charge in [-0.2, -0.15) is 0 Å². The first-order valence-corrected chi connectivity index (χ1v) is 6.67. The van der Waals surface area contributed by atoms with Gasteiger partial charge in [0, 0.05) is 0 Å². The van der Waals surface area contributed by atoms with Gasteiger partial charge >= 0.3 is 5.97 Å². The Kier molecular flexibility index (Phi) is 4.02. The third-order valence-corrected chi connectivity index (χ3v) is 3.83. The fraction of sp³-hybridized carbons (Fsp3) is 0.533. The van der Waals surface area contributed by atoms with E-state index in [2.05, 4.69) is 24.3 Å². The molecule has 1 aromatic carbocycles. The monoisotopic (exact) mass is 247 g/mol. The van der Waals surface area contributed by atoms with Crippen LogP contribution in [-0.2, 0) is 9.53 Å². The maximum atomic E-state index is 11.8.